The number of halogens is 9. The van der Waals surface area contributed by atoms with E-state index in [-0.39, 0.29) is 22.3 Å². The van der Waals surface area contributed by atoms with E-state index >= 15 is 0 Å². The van der Waals surface area contributed by atoms with Gasteiger partial charge in [-0.1, -0.05) is 42.5 Å². The summed E-state index contributed by atoms with van der Waals surface area (Å²) in [5, 5.41) is 0. The Morgan fingerprint density at radius 2 is 1.08 bits per heavy atom. The lowest BCUT2D eigenvalue weighted by atomic mass is 9.91. The van der Waals surface area contributed by atoms with Gasteiger partial charge in [0.15, 0.2) is 23.2 Å². The molecule has 1 aliphatic rings. The molecule has 3 aromatic rings. The standard InChI is InChI=1S/C26H17F9O/c27-21-17(14-4-2-1-3-5-14)10-11-18(22(21)28)15-6-8-16(9-7-15)19-12-13-20(24(30)23(19)29)36-26(34,35)25(31,32)33/h4,6-13H,1-3,5H2. The van der Waals surface area contributed by atoms with Crippen LogP contribution in [-0.4, -0.2) is 12.3 Å². The minimum atomic E-state index is -6.13. The average Bonchev–Trinajstić information content (AvgIpc) is 2.84. The fourth-order valence-electron chi connectivity index (χ4n) is 3.96. The summed E-state index contributed by atoms with van der Waals surface area (Å²) in [5.41, 5.74) is 0.622. The molecule has 0 unspecified atom stereocenters. The van der Waals surface area contributed by atoms with Crippen LogP contribution in [0.15, 0.2) is 54.6 Å². The lowest BCUT2D eigenvalue weighted by molar-refractivity contribution is -0.361. The van der Waals surface area contributed by atoms with Crippen molar-refractivity contribution in [3.63, 3.8) is 0 Å². The third-order valence-electron chi connectivity index (χ3n) is 5.84. The largest absolute Gasteiger partial charge is 0.499 e. The SMILES string of the molecule is Fc1c(OC(F)(F)C(F)(F)F)ccc(-c2ccc(-c3ccc(C4=CCCCC4)c(F)c3F)cc2)c1F. The van der Waals surface area contributed by atoms with Crippen molar-refractivity contribution in [1.82, 2.24) is 0 Å². The Kier molecular flexibility index (Phi) is 6.81. The van der Waals surface area contributed by atoms with Gasteiger partial charge < -0.3 is 4.74 Å². The first-order valence-corrected chi connectivity index (χ1v) is 10.8. The molecule has 0 saturated heterocycles. The number of allylic oxidation sites excluding steroid dienone is 2. The van der Waals surface area contributed by atoms with Gasteiger partial charge in [0.05, 0.1) is 0 Å². The predicted molar refractivity (Wildman–Crippen MR) is 115 cm³/mol. The van der Waals surface area contributed by atoms with Crippen LogP contribution in [0.25, 0.3) is 27.8 Å². The molecule has 1 nitrogen and oxygen atoms in total. The Balaban J connectivity index is 1.62. The molecule has 190 valence electrons. The predicted octanol–water partition coefficient (Wildman–Crippen LogP) is 9.07. The van der Waals surface area contributed by atoms with E-state index in [0.717, 1.165) is 30.9 Å². The first-order valence-electron chi connectivity index (χ1n) is 10.8. The number of hydrogen-bond donors (Lipinski definition) is 0. The maximum atomic E-state index is 14.8. The minimum absolute atomic E-state index is 0.00847. The van der Waals surface area contributed by atoms with Gasteiger partial charge in [0.1, 0.15) is 0 Å². The van der Waals surface area contributed by atoms with E-state index in [9.17, 15) is 39.5 Å². The molecular formula is C26H17F9O. The maximum Gasteiger partial charge on any atom is 0.499 e. The summed E-state index contributed by atoms with van der Waals surface area (Å²) in [7, 11) is 0. The zero-order valence-corrected chi connectivity index (χ0v) is 18.3. The fourth-order valence-corrected chi connectivity index (χ4v) is 3.96. The molecule has 36 heavy (non-hydrogen) atoms. The van der Waals surface area contributed by atoms with Gasteiger partial charge in [-0.25, -0.2) is 13.2 Å². The van der Waals surface area contributed by atoms with E-state index in [4.69, 9.17) is 0 Å². The quantitative estimate of drug-likeness (QED) is 0.308. The van der Waals surface area contributed by atoms with Crippen LogP contribution in [0.4, 0.5) is 39.5 Å². The molecule has 3 aromatic carbocycles. The van der Waals surface area contributed by atoms with Gasteiger partial charge in [0.2, 0.25) is 5.82 Å². The van der Waals surface area contributed by atoms with Crippen LogP contribution in [0.2, 0.25) is 0 Å². The van der Waals surface area contributed by atoms with E-state index in [0.29, 0.717) is 12.5 Å². The summed E-state index contributed by atoms with van der Waals surface area (Å²) in [4.78, 5) is 0. The highest BCUT2D eigenvalue weighted by Gasteiger charge is 2.61. The van der Waals surface area contributed by atoms with Gasteiger partial charge in [-0.15, -0.1) is 0 Å². The van der Waals surface area contributed by atoms with Crippen LogP contribution in [-0.2, 0) is 0 Å². The lowest BCUT2D eigenvalue weighted by Crippen LogP contribution is -2.42. The van der Waals surface area contributed by atoms with E-state index in [2.05, 4.69) is 4.74 Å². The van der Waals surface area contributed by atoms with Crippen molar-refractivity contribution in [2.24, 2.45) is 0 Å². The van der Waals surface area contributed by atoms with Crippen LogP contribution in [0.5, 0.6) is 5.75 Å². The molecule has 10 heteroatoms. The van der Waals surface area contributed by atoms with Crippen molar-refractivity contribution >= 4 is 5.57 Å². The average molecular weight is 516 g/mol. The molecule has 0 amide bonds. The molecule has 0 radical (unpaired) electrons. The van der Waals surface area contributed by atoms with Gasteiger partial charge in [-0.05, 0) is 54.5 Å². The molecule has 0 fully saturated rings. The Bertz CT molecular complexity index is 1310. The Hall–Kier alpha value is -3.43. The molecule has 1 aliphatic carbocycles. The number of hydrogen-bond acceptors (Lipinski definition) is 1. The third-order valence-corrected chi connectivity index (χ3v) is 5.84. The van der Waals surface area contributed by atoms with Crippen LogP contribution in [0.3, 0.4) is 0 Å². The molecule has 4 rings (SSSR count). The molecule has 0 saturated carbocycles. The highest BCUT2D eigenvalue weighted by atomic mass is 19.4. The van der Waals surface area contributed by atoms with Crippen LogP contribution in [0, 0.1) is 23.3 Å². The van der Waals surface area contributed by atoms with Crippen molar-refractivity contribution in [2.75, 3.05) is 0 Å². The second-order valence-electron chi connectivity index (χ2n) is 8.20. The van der Waals surface area contributed by atoms with Crippen molar-refractivity contribution in [2.45, 2.75) is 38.0 Å². The molecule has 0 bridgehead atoms. The summed E-state index contributed by atoms with van der Waals surface area (Å²) in [5.74, 6) is -7.46. The van der Waals surface area contributed by atoms with Crippen LogP contribution >= 0.6 is 0 Å². The summed E-state index contributed by atoms with van der Waals surface area (Å²) < 4.78 is 125. The zero-order valence-electron chi connectivity index (χ0n) is 18.3. The normalized spacial score (nSPS) is 14.5. The lowest BCUT2D eigenvalue weighted by Gasteiger charge is -2.20. The van der Waals surface area contributed by atoms with Crippen molar-refractivity contribution < 1.29 is 44.3 Å². The Morgan fingerprint density at radius 3 is 1.61 bits per heavy atom. The smallest absolute Gasteiger partial charge is 0.423 e. The van der Waals surface area contributed by atoms with Gasteiger partial charge in [0.25, 0.3) is 0 Å². The van der Waals surface area contributed by atoms with Gasteiger partial charge in [-0.3, -0.25) is 0 Å². The summed E-state index contributed by atoms with van der Waals surface area (Å²) in [6, 6.07) is 9.20. The van der Waals surface area contributed by atoms with Crippen LogP contribution < -0.4 is 4.74 Å². The summed E-state index contributed by atoms with van der Waals surface area (Å²) >= 11 is 0. The Labute approximate surface area is 199 Å². The highest BCUT2D eigenvalue weighted by molar-refractivity contribution is 5.74. The molecule has 0 atom stereocenters. The molecule has 0 aromatic heterocycles. The van der Waals surface area contributed by atoms with Crippen molar-refractivity contribution in [3.05, 3.63) is 83.4 Å². The second kappa shape index (κ2) is 9.55. The first-order chi connectivity index (χ1) is 16.9. The van der Waals surface area contributed by atoms with Crippen LogP contribution in [0.1, 0.15) is 31.2 Å². The maximum absolute atomic E-state index is 14.8. The number of ether oxygens (including phenoxy) is 1. The fraction of sp³-hybridized carbons (Fsp3) is 0.231. The van der Waals surface area contributed by atoms with E-state index < -0.39 is 46.9 Å². The number of benzene rings is 3. The molecular weight excluding hydrogens is 499 g/mol. The van der Waals surface area contributed by atoms with E-state index in [1.54, 1.807) is 0 Å². The monoisotopic (exact) mass is 516 g/mol. The number of alkyl halides is 5. The third kappa shape index (κ3) is 4.81. The summed E-state index contributed by atoms with van der Waals surface area (Å²) in [6.07, 6.45) is -6.69. The topological polar surface area (TPSA) is 9.23 Å². The molecule has 0 N–H and O–H groups in total. The van der Waals surface area contributed by atoms with E-state index in [1.165, 1.54) is 36.4 Å². The highest BCUT2D eigenvalue weighted by Crippen LogP contribution is 2.40. The van der Waals surface area contributed by atoms with Gasteiger partial charge >= 0.3 is 12.3 Å². The molecule has 0 heterocycles. The van der Waals surface area contributed by atoms with E-state index in [1.807, 2.05) is 6.08 Å². The summed E-state index contributed by atoms with van der Waals surface area (Å²) in [6.45, 7) is 0. The van der Waals surface area contributed by atoms with Gasteiger partial charge in [0, 0.05) is 16.7 Å². The molecule has 0 aliphatic heterocycles. The first kappa shape index (κ1) is 25.7. The minimum Gasteiger partial charge on any atom is -0.423 e. The zero-order chi connectivity index (χ0) is 26.3. The Morgan fingerprint density at radius 1 is 0.583 bits per heavy atom. The van der Waals surface area contributed by atoms with Crippen molar-refractivity contribution in [3.8, 4) is 28.0 Å². The second-order valence-corrected chi connectivity index (χ2v) is 8.20. The molecule has 0 spiro atoms. The van der Waals surface area contributed by atoms with Gasteiger partial charge in [-0.2, -0.15) is 26.3 Å². The number of rotatable bonds is 5. The van der Waals surface area contributed by atoms with Crippen molar-refractivity contribution in [1.29, 1.82) is 0 Å².